The number of aliphatic imine (C=N–C) groups is 1. The molecule has 4 atom stereocenters. The highest BCUT2D eigenvalue weighted by atomic mass is 16.4. The number of nitrogens with two attached hydrogens (primary N) is 4. The molecule has 12 N–H and O–H groups in total. The van der Waals surface area contributed by atoms with Gasteiger partial charge in [-0.15, -0.1) is 0 Å². The minimum atomic E-state index is -1.35. The Kier molecular flexibility index (Phi) is 13.1. The predicted octanol–water partition coefficient (Wildman–Crippen LogP) is -3.15. The van der Waals surface area contributed by atoms with Gasteiger partial charge in [0.05, 0.1) is 6.04 Å². The number of rotatable bonds is 15. The Hall–Kier alpha value is -3.42. The van der Waals surface area contributed by atoms with E-state index in [1.54, 1.807) is 13.8 Å². The molecule has 0 aromatic heterocycles. The van der Waals surface area contributed by atoms with Crippen molar-refractivity contribution < 1.29 is 29.1 Å². The lowest BCUT2D eigenvalue weighted by Gasteiger charge is -2.26. The Bertz CT molecular complexity index is 738. The molecular weight excluding hydrogens is 436 g/mol. The van der Waals surface area contributed by atoms with Crippen LogP contribution in [-0.2, 0) is 24.0 Å². The molecule has 14 nitrogen and oxygen atoms in total. The van der Waals surface area contributed by atoms with E-state index in [4.69, 9.17) is 22.9 Å². The normalized spacial score (nSPS) is 14.3. The van der Waals surface area contributed by atoms with Crippen molar-refractivity contribution in [2.75, 3.05) is 6.54 Å². The largest absolute Gasteiger partial charge is 0.480 e. The number of hydrogen-bond donors (Lipinski definition) is 8. The summed E-state index contributed by atoms with van der Waals surface area (Å²) in [5, 5.41) is 16.5. The van der Waals surface area contributed by atoms with Crippen LogP contribution in [-0.4, -0.2) is 71.4 Å². The van der Waals surface area contributed by atoms with Crippen LogP contribution in [0.3, 0.4) is 0 Å². The highest BCUT2D eigenvalue weighted by Crippen LogP contribution is 2.06. The van der Waals surface area contributed by atoms with Gasteiger partial charge in [0.25, 0.3) is 0 Å². The third-order valence-electron chi connectivity index (χ3n) is 4.60. The van der Waals surface area contributed by atoms with Gasteiger partial charge in [-0.2, -0.15) is 0 Å². The van der Waals surface area contributed by atoms with Gasteiger partial charge in [-0.05, 0) is 32.1 Å². The summed E-state index contributed by atoms with van der Waals surface area (Å²) in [7, 11) is 0. The van der Waals surface area contributed by atoms with E-state index in [1.807, 2.05) is 0 Å². The molecule has 0 aromatic rings. The van der Waals surface area contributed by atoms with E-state index in [0.717, 1.165) is 0 Å². The minimum absolute atomic E-state index is 0.0652. The molecule has 0 radical (unpaired) electrons. The van der Waals surface area contributed by atoms with Gasteiger partial charge >= 0.3 is 5.97 Å². The smallest absolute Gasteiger partial charge is 0.326 e. The minimum Gasteiger partial charge on any atom is -0.480 e. The van der Waals surface area contributed by atoms with Crippen molar-refractivity contribution in [3.8, 4) is 0 Å². The Morgan fingerprint density at radius 3 is 1.97 bits per heavy atom. The maximum absolute atomic E-state index is 12.6. The van der Waals surface area contributed by atoms with Gasteiger partial charge in [0, 0.05) is 13.0 Å². The number of carbonyl (C=O) groups excluding carboxylic acids is 4. The Labute approximate surface area is 192 Å². The zero-order valence-electron chi connectivity index (χ0n) is 19.2. The van der Waals surface area contributed by atoms with E-state index in [-0.39, 0.29) is 25.2 Å². The highest BCUT2D eigenvalue weighted by Gasteiger charge is 2.30. The summed E-state index contributed by atoms with van der Waals surface area (Å²) in [5.41, 5.74) is 21.3. The lowest BCUT2D eigenvalue weighted by atomic mass is 10.0. The molecule has 0 aliphatic heterocycles. The van der Waals surface area contributed by atoms with Crippen molar-refractivity contribution in [1.82, 2.24) is 16.0 Å². The summed E-state index contributed by atoms with van der Waals surface area (Å²) in [4.78, 5) is 63.4. The fraction of sp³-hybridized carbons (Fsp3) is 0.684. The maximum Gasteiger partial charge on any atom is 0.326 e. The summed E-state index contributed by atoms with van der Waals surface area (Å²) in [6.07, 6.45) is 0.326. The molecule has 0 saturated carbocycles. The summed E-state index contributed by atoms with van der Waals surface area (Å²) < 4.78 is 0. The van der Waals surface area contributed by atoms with Crippen molar-refractivity contribution in [3.63, 3.8) is 0 Å². The third kappa shape index (κ3) is 12.3. The van der Waals surface area contributed by atoms with Crippen molar-refractivity contribution in [3.05, 3.63) is 0 Å². The van der Waals surface area contributed by atoms with Gasteiger partial charge < -0.3 is 44.0 Å². The first kappa shape index (κ1) is 29.6. The molecule has 4 unspecified atom stereocenters. The number of carbonyl (C=O) groups is 5. The molecule has 0 spiro atoms. The SMILES string of the molecule is CC(NC(=O)C(N)CCCN=C(N)N)C(=O)NC(C(=O)NC(CCC(N)=O)C(=O)O)C(C)C. The third-order valence-corrected chi connectivity index (χ3v) is 4.60. The molecule has 0 aliphatic carbocycles. The summed E-state index contributed by atoms with van der Waals surface area (Å²) in [5.74, 6) is -4.48. The van der Waals surface area contributed by atoms with Crippen molar-refractivity contribution in [1.29, 1.82) is 0 Å². The number of carboxylic acids is 1. The van der Waals surface area contributed by atoms with Crippen LogP contribution < -0.4 is 38.9 Å². The monoisotopic (exact) mass is 472 g/mol. The molecule has 0 rings (SSSR count). The molecule has 14 heteroatoms. The van der Waals surface area contributed by atoms with Crippen LogP contribution in [0.5, 0.6) is 0 Å². The Morgan fingerprint density at radius 2 is 1.48 bits per heavy atom. The van der Waals surface area contributed by atoms with Gasteiger partial charge in [-0.3, -0.25) is 24.2 Å². The van der Waals surface area contributed by atoms with E-state index < -0.39 is 59.7 Å². The van der Waals surface area contributed by atoms with Crippen LogP contribution >= 0.6 is 0 Å². The molecule has 0 aromatic carbocycles. The Morgan fingerprint density at radius 1 is 0.879 bits per heavy atom. The number of nitrogens with one attached hydrogen (secondary N) is 3. The van der Waals surface area contributed by atoms with E-state index in [1.165, 1.54) is 6.92 Å². The average molecular weight is 473 g/mol. The summed E-state index contributed by atoms with van der Waals surface area (Å²) in [6.45, 7) is 5.03. The number of carboxylic acid groups (broad SMARTS) is 1. The van der Waals surface area contributed by atoms with Crippen LogP contribution in [0.15, 0.2) is 4.99 Å². The summed E-state index contributed by atoms with van der Waals surface area (Å²) in [6, 6.07) is -4.33. The molecule has 33 heavy (non-hydrogen) atoms. The van der Waals surface area contributed by atoms with Crippen LogP contribution in [0.1, 0.15) is 46.5 Å². The van der Waals surface area contributed by atoms with E-state index in [0.29, 0.717) is 13.0 Å². The maximum atomic E-state index is 12.6. The quantitative estimate of drug-likeness (QED) is 0.0678. The van der Waals surface area contributed by atoms with E-state index >= 15 is 0 Å². The number of primary amides is 1. The topological polar surface area (TPSA) is 258 Å². The molecule has 0 aliphatic rings. The zero-order valence-corrected chi connectivity index (χ0v) is 19.2. The van der Waals surface area contributed by atoms with Gasteiger partial charge in [0.1, 0.15) is 18.1 Å². The number of nitrogens with zero attached hydrogens (tertiary/aromatic N) is 1. The molecule has 188 valence electrons. The van der Waals surface area contributed by atoms with E-state index in [9.17, 15) is 29.1 Å². The number of guanidine groups is 1. The molecule has 4 amide bonds. The highest BCUT2D eigenvalue weighted by molar-refractivity contribution is 5.94. The first-order valence-electron chi connectivity index (χ1n) is 10.5. The van der Waals surface area contributed by atoms with Crippen LogP contribution in [0.25, 0.3) is 0 Å². The molecule has 0 saturated heterocycles. The summed E-state index contributed by atoms with van der Waals surface area (Å²) >= 11 is 0. The van der Waals surface area contributed by atoms with Crippen molar-refractivity contribution in [2.45, 2.75) is 70.6 Å². The predicted molar refractivity (Wildman–Crippen MR) is 120 cm³/mol. The van der Waals surface area contributed by atoms with Gasteiger partial charge in [-0.1, -0.05) is 13.8 Å². The first-order valence-corrected chi connectivity index (χ1v) is 10.5. The second-order valence-electron chi connectivity index (χ2n) is 7.92. The van der Waals surface area contributed by atoms with Crippen LogP contribution in [0, 0.1) is 5.92 Å². The second kappa shape index (κ2) is 14.6. The van der Waals surface area contributed by atoms with Crippen molar-refractivity contribution in [2.24, 2.45) is 33.8 Å². The fourth-order valence-electron chi connectivity index (χ4n) is 2.66. The first-order chi connectivity index (χ1) is 15.3. The van der Waals surface area contributed by atoms with Gasteiger partial charge in [-0.25, -0.2) is 4.79 Å². The number of amides is 4. The number of aliphatic carboxylic acids is 1. The van der Waals surface area contributed by atoms with Gasteiger partial charge in [0.2, 0.25) is 23.6 Å². The second-order valence-corrected chi connectivity index (χ2v) is 7.92. The molecule has 0 heterocycles. The standard InChI is InChI=1S/C19H36N8O6/c1-9(2)14(17(31)26-12(18(32)33)6-7-13(21)28)27-15(29)10(3)25-16(30)11(20)5-4-8-24-19(22)23/h9-12,14H,4-8,20H2,1-3H3,(H2,21,28)(H,25,30)(H,26,31)(H,27,29)(H,32,33)(H4,22,23,24). The van der Waals surface area contributed by atoms with Crippen molar-refractivity contribution >= 4 is 35.6 Å². The lowest BCUT2D eigenvalue weighted by Crippen LogP contribution is -2.57. The van der Waals surface area contributed by atoms with Gasteiger partial charge in [0.15, 0.2) is 5.96 Å². The molecule has 0 bridgehead atoms. The zero-order chi connectivity index (χ0) is 25.7. The fourth-order valence-corrected chi connectivity index (χ4v) is 2.66. The number of hydrogen-bond acceptors (Lipinski definition) is 7. The van der Waals surface area contributed by atoms with Crippen LogP contribution in [0.4, 0.5) is 0 Å². The average Bonchev–Trinajstić information content (AvgIpc) is 2.70. The lowest BCUT2D eigenvalue weighted by molar-refractivity contribution is -0.143. The molecular formula is C19H36N8O6. The molecule has 0 fully saturated rings. The Balaban J connectivity index is 4.91. The van der Waals surface area contributed by atoms with Crippen LogP contribution in [0.2, 0.25) is 0 Å². The van der Waals surface area contributed by atoms with E-state index in [2.05, 4.69) is 20.9 Å².